The molecule has 5 heteroatoms. The molecule has 0 bridgehead atoms. The first-order valence-electron chi connectivity index (χ1n) is 6.20. The Kier molecular flexibility index (Phi) is 5.36. The van der Waals surface area contributed by atoms with Gasteiger partial charge in [-0.2, -0.15) is 0 Å². The van der Waals surface area contributed by atoms with Gasteiger partial charge in [0.25, 0.3) is 0 Å². The van der Waals surface area contributed by atoms with Crippen LogP contribution in [-0.4, -0.2) is 37.4 Å². The number of ether oxygens (including phenoxy) is 2. The van der Waals surface area contributed by atoms with E-state index in [1.807, 2.05) is 6.92 Å². The van der Waals surface area contributed by atoms with Crippen LogP contribution in [0.2, 0.25) is 0 Å². The minimum absolute atomic E-state index is 0.0552. The maximum atomic E-state index is 11.1. The van der Waals surface area contributed by atoms with Gasteiger partial charge in [-0.3, -0.25) is 4.79 Å². The molecule has 1 heterocycles. The van der Waals surface area contributed by atoms with Crippen LogP contribution >= 0.6 is 0 Å². The third kappa shape index (κ3) is 5.02. The summed E-state index contributed by atoms with van der Waals surface area (Å²) in [6.07, 6.45) is 2.48. The molecule has 1 rings (SSSR count). The van der Waals surface area contributed by atoms with Gasteiger partial charge in [0.2, 0.25) is 5.91 Å². The predicted molar refractivity (Wildman–Crippen MR) is 65.4 cm³/mol. The Bertz CT molecular complexity index is 250. The standard InChI is InChI=1S/C12H24N2O3/c1-9(7-12(2,14)11(13)15)17-8-10-3-5-16-6-4-10/h9-10H,3-8,14H2,1-2H3,(H2,13,15). The Labute approximate surface area is 103 Å². The Morgan fingerprint density at radius 1 is 1.53 bits per heavy atom. The molecule has 0 aromatic rings. The van der Waals surface area contributed by atoms with Gasteiger partial charge in [-0.05, 0) is 39.0 Å². The smallest absolute Gasteiger partial charge is 0.237 e. The van der Waals surface area contributed by atoms with Crippen LogP contribution in [-0.2, 0) is 14.3 Å². The van der Waals surface area contributed by atoms with Crippen LogP contribution in [0.1, 0.15) is 33.1 Å². The maximum absolute atomic E-state index is 11.1. The Balaban J connectivity index is 2.24. The lowest BCUT2D eigenvalue weighted by Gasteiger charge is -2.27. The summed E-state index contributed by atoms with van der Waals surface area (Å²) in [7, 11) is 0. The molecule has 1 aliphatic rings. The first kappa shape index (κ1) is 14.4. The minimum Gasteiger partial charge on any atom is -0.381 e. The lowest BCUT2D eigenvalue weighted by Crippen LogP contribution is -2.51. The highest BCUT2D eigenvalue weighted by Gasteiger charge is 2.28. The molecule has 0 spiro atoms. The van der Waals surface area contributed by atoms with Crippen molar-refractivity contribution in [1.29, 1.82) is 0 Å². The Morgan fingerprint density at radius 2 is 2.12 bits per heavy atom. The zero-order valence-electron chi connectivity index (χ0n) is 10.8. The third-order valence-corrected chi connectivity index (χ3v) is 3.23. The second kappa shape index (κ2) is 6.33. The molecule has 2 atom stereocenters. The molecule has 0 saturated carbocycles. The molecule has 17 heavy (non-hydrogen) atoms. The Morgan fingerprint density at radius 3 is 2.65 bits per heavy atom. The van der Waals surface area contributed by atoms with Crippen LogP contribution in [0.15, 0.2) is 0 Å². The molecule has 100 valence electrons. The summed E-state index contributed by atoms with van der Waals surface area (Å²) in [4.78, 5) is 11.1. The average Bonchev–Trinajstić information content (AvgIpc) is 2.27. The number of carbonyl (C=O) groups is 1. The van der Waals surface area contributed by atoms with E-state index in [-0.39, 0.29) is 6.10 Å². The van der Waals surface area contributed by atoms with Crippen LogP contribution in [0, 0.1) is 5.92 Å². The largest absolute Gasteiger partial charge is 0.381 e. The van der Waals surface area contributed by atoms with Gasteiger partial charge in [0.1, 0.15) is 0 Å². The molecule has 1 aliphatic heterocycles. The fourth-order valence-corrected chi connectivity index (χ4v) is 1.97. The summed E-state index contributed by atoms with van der Waals surface area (Å²) in [5.74, 6) is 0.0721. The van der Waals surface area contributed by atoms with Crippen molar-refractivity contribution in [2.45, 2.75) is 44.8 Å². The van der Waals surface area contributed by atoms with Crippen LogP contribution in [0.3, 0.4) is 0 Å². The SMILES string of the molecule is CC(CC(C)(N)C(N)=O)OCC1CCOCC1. The van der Waals surface area contributed by atoms with Crippen molar-refractivity contribution in [3.05, 3.63) is 0 Å². The van der Waals surface area contributed by atoms with Gasteiger partial charge >= 0.3 is 0 Å². The van der Waals surface area contributed by atoms with Gasteiger partial charge in [0.15, 0.2) is 0 Å². The van der Waals surface area contributed by atoms with E-state index in [1.54, 1.807) is 6.92 Å². The van der Waals surface area contributed by atoms with E-state index in [4.69, 9.17) is 20.9 Å². The first-order chi connectivity index (χ1) is 7.92. The van der Waals surface area contributed by atoms with Crippen molar-refractivity contribution in [2.24, 2.45) is 17.4 Å². The van der Waals surface area contributed by atoms with E-state index in [0.717, 1.165) is 26.1 Å². The van der Waals surface area contributed by atoms with Gasteiger partial charge in [0.05, 0.1) is 11.6 Å². The molecule has 5 nitrogen and oxygen atoms in total. The number of rotatable bonds is 6. The molecule has 0 aliphatic carbocycles. The molecule has 2 unspecified atom stereocenters. The monoisotopic (exact) mass is 244 g/mol. The summed E-state index contributed by atoms with van der Waals surface area (Å²) < 4.78 is 11.0. The topological polar surface area (TPSA) is 87.6 Å². The number of hydrogen-bond donors (Lipinski definition) is 2. The molecule has 4 N–H and O–H groups in total. The van der Waals surface area contributed by atoms with Crippen LogP contribution in [0.5, 0.6) is 0 Å². The van der Waals surface area contributed by atoms with Crippen molar-refractivity contribution in [3.63, 3.8) is 0 Å². The second-order valence-corrected chi connectivity index (χ2v) is 5.19. The number of hydrogen-bond acceptors (Lipinski definition) is 4. The highest BCUT2D eigenvalue weighted by Crippen LogP contribution is 2.17. The van der Waals surface area contributed by atoms with Crippen LogP contribution in [0.4, 0.5) is 0 Å². The second-order valence-electron chi connectivity index (χ2n) is 5.19. The molecule has 0 aromatic heterocycles. The molecule has 1 fully saturated rings. The normalized spacial score (nSPS) is 23.0. The van der Waals surface area contributed by atoms with E-state index in [9.17, 15) is 4.79 Å². The van der Waals surface area contributed by atoms with Crippen molar-refractivity contribution in [2.75, 3.05) is 19.8 Å². The zero-order chi connectivity index (χ0) is 12.9. The van der Waals surface area contributed by atoms with Crippen molar-refractivity contribution < 1.29 is 14.3 Å². The summed E-state index contributed by atoms with van der Waals surface area (Å²) >= 11 is 0. The van der Waals surface area contributed by atoms with E-state index >= 15 is 0 Å². The average molecular weight is 244 g/mol. The Hall–Kier alpha value is -0.650. The van der Waals surface area contributed by atoms with Gasteiger partial charge in [0, 0.05) is 19.8 Å². The number of carbonyl (C=O) groups excluding carboxylic acids is 1. The summed E-state index contributed by atoms with van der Waals surface area (Å²) in [6, 6.07) is 0. The lowest BCUT2D eigenvalue weighted by molar-refractivity contribution is -0.124. The predicted octanol–water partition coefficient (Wildman–Crippen LogP) is 0.411. The molecular formula is C12H24N2O3. The summed E-state index contributed by atoms with van der Waals surface area (Å²) in [6.45, 7) is 5.91. The van der Waals surface area contributed by atoms with Crippen LogP contribution in [0.25, 0.3) is 0 Å². The van der Waals surface area contributed by atoms with Gasteiger partial charge < -0.3 is 20.9 Å². The fraction of sp³-hybridized carbons (Fsp3) is 0.917. The van der Waals surface area contributed by atoms with E-state index in [2.05, 4.69) is 0 Å². The highest BCUT2D eigenvalue weighted by atomic mass is 16.5. The number of nitrogens with two attached hydrogens (primary N) is 2. The molecular weight excluding hydrogens is 220 g/mol. The van der Waals surface area contributed by atoms with Crippen molar-refractivity contribution >= 4 is 5.91 Å². The molecule has 0 aromatic carbocycles. The van der Waals surface area contributed by atoms with Gasteiger partial charge in [-0.25, -0.2) is 0 Å². The summed E-state index contributed by atoms with van der Waals surface area (Å²) in [5.41, 5.74) is 10.0. The quantitative estimate of drug-likeness (QED) is 0.708. The summed E-state index contributed by atoms with van der Waals surface area (Å²) in [5, 5.41) is 0. The molecule has 1 saturated heterocycles. The third-order valence-electron chi connectivity index (χ3n) is 3.23. The maximum Gasteiger partial charge on any atom is 0.237 e. The number of primary amides is 1. The van der Waals surface area contributed by atoms with E-state index in [1.165, 1.54) is 0 Å². The lowest BCUT2D eigenvalue weighted by atomic mass is 9.95. The van der Waals surface area contributed by atoms with E-state index < -0.39 is 11.4 Å². The van der Waals surface area contributed by atoms with Gasteiger partial charge in [-0.1, -0.05) is 0 Å². The first-order valence-corrected chi connectivity index (χ1v) is 6.20. The van der Waals surface area contributed by atoms with Crippen molar-refractivity contribution in [1.82, 2.24) is 0 Å². The number of amides is 1. The molecule has 1 amide bonds. The van der Waals surface area contributed by atoms with Gasteiger partial charge in [-0.15, -0.1) is 0 Å². The fourth-order valence-electron chi connectivity index (χ4n) is 1.97. The minimum atomic E-state index is -0.991. The molecule has 0 radical (unpaired) electrons. The van der Waals surface area contributed by atoms with E-state index in [0.29, 0.717) is 18.9 Å². The van der Waals surface area contributed by atoms with Crippen molar-refractivity contribution in [3.8, 4) is 0 Å². The highest BCUT2D eigenvalue weighted by molar-refractivity contribution is 5.83. The van der Waals surface area contributed by atoms with Crippen LogP contribution < -0.4 is 11.5 Å². The zero-order valence-corrected chi connectivity index (χ0v) is 10.8.